The lowest BCUT2D eigenvalue weighted by Crippen LogP contribution is -2.49. The van der Waals surface area contributed by atoms with E-state index in [1.807, 2.05) is 0 Å². The van der Waals surface area contributed by atoms with E-state index in [1.165, 1.54) is 225 Å². The fourth-order valence-electron chi connectivity index (χ4n) is 18.7. The molecule has 5 saturated heterocycles. The van der Waals surface area contributed by atoms with Crippen molar-refractivity contribution in [3.63, 3.8) is 0 Å². The van der Waals surface area contributed by atoms with Gasteiger partial charge in [-0.05, 0) is 313 Å². The monoisotopic (exact) mass is 1600 g/mol. The van der Waals surface area contributed by atoms with Gasteiger partial charge in [0.2, 0.25) is 0 Å². The van der Waals surface area contributed by atoms with Gasteiger partial charge in [-0.2, -0.15) is 0 Å². The summed E-state index contributed by atoms with van der Waals surface area (Å²) in [6.07, 6.45) is 44.5. The van der Waals surface area contributed by atoms with E-state index >= 15 is 0 Å². The number of hydrogen-bond acceptors (Lipinski definition) is 5. The van der Waals surface area contributed by atoms with E-state index in [-0.39, 0.29) is 0 Å². The van der Waals surface area contributed by atoms with Crippen LogP contribution in [0, 0.1) is 146 Å². The molecule has 0 aromatic rings. The Balaban J connectivity index is 0.000000620. The van der Waals surface area contributed by atoms with Crippen molar-refractivity contribution in [2.45, 2.75) is 518 Å². The summed E-state index contributed by atoms with van der Waals surface area (Å²) in [7, 11) is 0. The summed E-state index contributed by atoms with van der Waals surface area (Å²) < 4.78 is 9.83. The minimum Gasteiger partial charge on any atom is -0.370 e. The molecule has 684 valence electrons. The average molecular weight is 1610 g/mol. The topological polar surface area (TPSA) is 34.8 Å². The quantitative estimate of drug-likeness (QED) is 0.226. The Bertz CT molecular complexity index is 2190. The van der Waals surface area contributed by atoms with Crippen LogP contribution in [0.15, 0.2) is 0 Å². The predicted molar refractivity (Wildman–Crippen MR) is 515 cm³/mol. The van der Waals surface area contributed by atoms with Gasteiger partial charge in [-0.15, -0.1) is 0 Å². The zero-order valence-electron chi connectivity index (χ0n) is 86.8. The molecular weight excluding hydrogens is 1380 g/mol. The van der Waals surface area contributed by atoms with Gasteiger partial charge in [-0.1, -0.05) is 329 Å². The standard InChI is InChI=1S/C13H27N.C12H25N.C11H22.C9H19N.C9H18.2C8H16.2C7H14.2C6H12.C5H10.2C4H8O/c1-12(2,3)11-8-7-9-14(10-11)13(4,5)6;1-11(2,3)10-7-8-13(9-10)12(4,5)6;1-9-6-5-7-10(8-9)11(2,3)4;1-8-5-6-10(7-8)9(2,3)4;1-7-5-6-8(7)9(2,3)4;1-7-4-3-5-8(2)6-7;1-7-5-3-4-6-8(7)2;2*1-6-4-3-5-7(6)2;2*1-5-3-4-6(5)2;1-4-3-5(4)2;2*1-3-4(2)5-3/h11H,7-10H2,1-6H3;10H,7-9H2,1-6H3;9-10H,5-8H2,1-4H3;8H,5-7H2,1-4H3;7-8H,5-6H2,1-4H3;2*7-8H,3-6H2,1-2H3;2*6-7H,3-5H2,1-2H3;2*5-6H,3-4H2,1-2H3;4-5H,3H2,1-2H3;2*3-4H,1-2H3/t;10-;9-,10?;8-;7-,8?;2*7-,8+;2*6-,7+;5-,6+;5-,6-;4-,5-;2*3-,4+/m.1001.....11../s1. The smallest absolute Gasteiger partial charge is 0.0811 e. The molecule has 9 aliphatic carbocycles. The van der Waals surface area contributed by atoms with Crippen LogP contribution in [0.25, 0.3) is 0 Å². The van der Waals surface area contributed by atoms with Gasteiger partial charge in [0.1, 0.15) is 0 Å². The number of nitrogens with zero attached hydrogens (tertiary/aromatic N) is 3. The second-order valence-corrected chi connectivity index (χ2v) is 50.4. The van der Waals surface area contributed by atoms with Crippen molar-refractivity contribution in [2.75, 3.05) is 39.3 Å². The molecule has 14 fully saturated rings. The number of ether oxygens (including phenoxy) is 2. The molecule has 0 amide bonds. The molecule has 5 heteroatoms. The van der Waals surface area contributed by atoms with E-state index in [0.29, 0.717) is 62.7 Å². The third-order valence-electron chi connectivity index (χ3n) is 32.2. The van der Waals surface area contributed by atoms with Crippen molar-refractivity contribution < 1.29 is 9.47 Å². The van der Waals surface area contributed by atoms with Crippen LogP contribution in [0.4, 0.5) is 0 Å². The van der Waals surface area contributed by atoms with Crippen molar-refractivity contribution in [3.8, 4) is 0 Å². The Morgan fingerprint density at radius 2 is 0.447 bits per heavy atom. The molecule has 9 saturated carbocycles. The molecule has 114 heavy (non-hydrogen) atoms. The van der Waals surface area contributed by atoms with Gasteiger partial charge in [0.15, 0.2) is 0 Å². The summed E-state index contributed by atoms with van der Waals surface area (Å²) in [6.45, 7) is 105. The largest absolute Gasteiger partial charge is 0.370 e. The lowest BCUT2D eigenvalue weighted by molar-refractivity contribution is 0.0388. The summed E-state index contributed by atoms with van der Waals surface area (Å²) in [5.74, 6) is 20.9. The second-order valence-electron chi connectivity index (χ2n) is 50.4. The Labute approximate surface area is 723 Å². The second kappa shape index (κ2) is 53.2. The molecule has 25 atom stereocenters. The Kier molecular flexibility index (Phi) is 52.2. The van der Waals surface area contributed by atoms with Gasteiger partial charge in [-0.25, -0.2) is 0 Å². The fraction of sp³-hybridized carbons (Fsp3) is 1.00. The molecule has 5 heterocycles. The van der Waals surface area contributed by atoms with Crippen LogP contribution in [0.3, 0.4) is 0 Å². The number of piperidine rings is 1. The maximum atomic E-state index is 4.92. The van der Waals surface area contributed by atoms with Crippen LogP contribution in [0.2, 0.25) is 0 Å². The first-order chi connectivity index (χ1) is 52.2. The van der Waals surface area contributed by atoms with E-state index in [1.54, 1.807) is 0 Å². The molecule has 3 unspecified atom stereocenters. The van der Waals surface area contributed by atoms with Crippen LogP contribution in [0.5, 0.6) is 0 Å². The lowest BCUT2D eigenvalue weighted by atomic mass is 9.62. The minimum atomic E-state index is 0.351. The zero-order valence-corrected chi connectivity index (χ0v) is 86.8. The van der Waals surface area contributed by atoms with Crippen LogP contribution >= 0.6 is 0 Å². The highest BCUT2D eigenvalue weighted by molar-refractivity contribution is 4.91. The molecule has 0 bridgehead atoms. The summed E-state index contributed by atoms with van der Waals surface area (Å²) >= 11 is 0. The van der Waals surface area contributed by atoms with Crippen molar-refractivity contribution in [1.82, 2.24) is 14.7 Å². The first kappa shape index (κ1) is 112. The highest BCUT2D eigenvalue weighted by Crippen LogP contribution is 2.46. The summed E-state index contributed by atoms with van der Waals surface area (Å²) in [6, 6.07) is 0. The molecule has 14 rings (SSSR count). The normalized spacial score (nSPS) is 36.9. The highest BCUT2D eigenvalue weighted by Gasteiger charge is 2.39. The predicted octanol–water partition coefficient (Wildman–Crippen LogP) is 33.7. The van der Waals surface area contributed by atoms with E-state index in [0.717, 1.165) is 124 Å². The van der Waals surface area contributed by atoms with Crippen LogP contribution in [-0.4, -0.2) is 95.0 Å². The van der Waals surface area contributed by atoms with Crippen molar-refractivity contribution in [1.29, 1.82) is 0 Å². The molecule has 0 radical (unpaired) electrons. The molecule has 14 aliphatic rings. The number of likely N-dealkylation sites (tertiary alicyclic amines) is 3. The SMILES string of the molecule is CC(C)(C)C1CCCN(C(C)(C)C)C1.CC(C)(C)[C@@H]1CCN(C(C)(C)C)C1.C[C@@H]1CCC1C(C)(C)C.C[C@@H]1CCCC[C@@H]1C.C[C@@H]1CCC[C@@H]1C.C[C@@H]1CCC[C@@H]1C.C[C@@H]1CCC[C@H](C)C1.C[C@@H]1CC[C@@H]1C.C[C@@H]1CC[C@H]1C.C[C@@H]1C[C@H]1C.C[C@@H]1O[C@@H]1C.C[C@@H]1O[C@@H]1C.C[C@H]1CCCC(C(C)(C)C)C1.C[C@H]1CCN(C(C)(C)C)C1. The van der Waals surface area contributed by atoms with Gasteiger partial charge in [0, 0.05) is 36.3 Å². The lowest BCUT2D eigenvalue weighted by Gasteiger charge is -2.45. The highest BCUT2D eigenvalue weighted by atomic mass is 16.6. The molecule has 5 nitrogen and oxygen atoms in total. The average Bonchev–Trinajstić information content (AvgIpc) is 1.73. The zero-order chi connectivity index (χ0) is 87.8. The molecule has 0 N–H and O–H groups in total. The Hall–Kier alpha value is -0.200. The van der Waals surface area contributed by atoms with Gasteiger partial charge in [0.05, 0.1) is 24.4 Å². The van der Waals surface area contributed by atoms with Gasteiger partial charge in [0.25, 0.3) is 0 Å². The molecule has 0 aromatic carbocycles. The van der Waals surface area contributed by atoms with Crippen molar-refractivity contribution in [3.05, 3.63) is 0 Å². The third kappa shape index (κ3) is 49.9. The van der Waals surface area contributed by atoms with Crippen LogP contribution in [0.1, 0.15) is 477 Å². The fourth-order valence-corrected chi connectivity index (χ4v) is 18.7. The van der Waals surface area contributed by atoms with Crippen LogP contribution in [-0.2, 0) is 9.47 Å². The first-order valence-electron chi connectivity index (χ1n) is 50.7. The molecular formula is C109H221N3O2. The van der Waals surface area contributed by atoms with E-state index in [9.17, 15) is 0 Å². The van der Waals surface area contributed by atoms with E-state index in [4.69, 9.17) is 9.47 Å². The van der Waals surface area contributed by atoms with E-state index in [2.05, 4.69) is 305 Å². The number of epoxide rings is 2. The van der Waals surface area contributed by atoms with Crippen molar-refractivity contribution in [2.24, 2.45) is 146 Å². The number of hydrogen-bond donors (Lipinski definition) is 0. The molecule has 0 spiro atoms. The van der Waals surface area contributed by atoms with Gasteiger partial charge in [-0.3, -0.25) is 14.7 Å². The third-order valence-corrected chi connectivity index (χ3v) is 32.2. The van der Waals surface area contributed by atoms with Gasteiger partial charge < -0.3 is 9.47 Å². The summed E-state index contributed by atoms with van der Waals surface area (Å²) in [5, 5.41) is 0. The molecule has 0 aromatic heterocycles. The maximum Gasteiger partial charge on any atom is 0.0811 e. The Morgan fingerprint density at radius 1 is 0.193 bits per heavy atom. The van der Waals surface area contributed by atoms with Crippen molar-refractivity contribution >= 4 is 0 Å². The minimum absolute atomic E-state index is 0.351. The van der Waals surface area contributed by atoms with E-state index < -0.39 is 0 Å². The van der Waals surface area contributed by atoms with Gasteiger partial charge >= 0.3 is 0 Å². The Morgan fingerprint density at radius 3 is 0.605 bits per heavy atom. The summed E-state index contributed by atoms with van der Waals surface area (Å²) in [5.41, 5.74) is 3.19. The summed E-state index contributed by atoms with van der Waals surface area (Å²) in [4.78, 5) is 7.83. The first-order valence-corrected chi connectivity index (χ1v) is 50.7. The maximum absolute atomic E-state index is 4.92. The van der Waals surface area contributed by atoms with Crippen LogP contribution < -0.4 is 0 Å². The molecule has 5 aliphatic heterocycles. The number of rotatable bonds is 0.